The fourth-order valence-electron chi connectivity index (χ4n) is 3.02. The van der Waals surface area contributed by atoms with Crippen LogP contribution in [0.5, 0.6) is 0 Å². The number of hydrogen-bond acceptors (Lipinski definition) is 4. The summed E-state index contributed by atoms with van der Waals surface area (Å²) >= 11 is 1.04. The van der Waals surface area contributed by atoms with Crippen LogP contribution in [0.2, 0.25) is 0 Å². The molecule has 1 aliphatic heterocycles. The van der Waals surface area contributed by atoms with E-state index >= 15 is 0 Å². The Balaban J connectivity index is 0.00000392. The molecule has 5 nitrogen and oxygen atoms in total. The lowest BCUT2D eigenvalue weighted by Gasteiger charge is -2.33. The molecule has 0 unspecified atom stereocenters. The second-order valence-corrected chi connectivity index (χ2v) is 7.69. The minimum Gasteiger partial charge on any atom is -0.357 e. The number of aromatic nitrogens is 1. The van der Waals surface area contributed by atoms with E-state index in [1.165, 1.54) is 19.4 Å². The Morgan fingerprint density at radius 2 is 2.04 bits per heavy atom. The summed E-state index contributed by atoms with van der Waals surface area (Å²) in [7, 11) is 0. The predicted octanol–water partition coefficient (Wildman–Crippen LogP) is 4.14. The molecule has 0 amide bonds. The maximum absolute atomic E-state index is 12.6. The van der Waals surface area contributed by atoms with Gasteiger partial charge in [-0.1, -0.05) is 13.3 Å². The lowest BCUT2D eigenvalue weighted by atomic mass is 10.0. The van der Waals surface area contributed by atoms with Crippen LogP contribution in [0.3, 0.4) is 0 Å². The van der Waals surface area contributed by atoms with Crippen LogP contribution in [0.15, 0.2) is 10.4 Å². The summed E-state index contributed by atoms with van der Waals surface area (Å²) in [5.41, 5.74) is -0.814. The van der Waals surface area contributed by atoms with Gasteiger partial charge in [0.1, 0.15) is 0 Å². The van der Waals surface area contributed by atoms with Gasteiger partial charge in [-0.3, -0.25) is 4.99 Å². The average Bonchev–Trinajstić information content (AvgIpc) is 3.11. The van der Waals surface area contributed by atoms with Gasteiger partial charge < -0.3 is 15.5 Å². The number of rotatable bonds is 8. The number of aliphatic imine (C=N–C) groups is 1. The second kappa shape index (κ2) is 12.8. The van der Waals surface area contributed by atoms with Crippen molar-refractivity contribution in [3.63, 3.8) is 0 Å². The van der Waals surface area contributed by atoms with E-state index in [2.05, 4.69) is 32.4 Å². The lowest BCUT2D eigenvalue weighted by molar-refractivity contribution is -0.140. The normalized spacial score (nSPS) is 16.7. The van der Waals surface area contributed by atoms with Crippen LogP contribution in [0.4, 0.5) is 13.2 Å². The smallest absolute Gasteiger partial charge is 0.357 e. The zero-order chi connectivity index (χ0) is 19.7. The van der Waals surface area contributed by atoms with Crippen molar-refractivity contribution in [3.8, 4) is 0 Å². The van der Waals surface area contributed by atoms with E-state index in [1.807, 2.05) is 6.92 Å². The number of unbranched alkanes of at least 4 members (excludes halogenated alkanes) is 1. The largest absolute Gasteiger partial charge is 0.434 e. The molecular weight excluding hydrogens is 502 g/mol. The first kappa shape index (κ1) is 25.4. The van der Waals surface area contributed by atoms with Gasteiger partial charge in [-0.05, 0) is 32.7 Å². The Labute approximate surface area is 186 Å². The summed E-state index contributed by atoms with van der Waals surface area (Å²) in [6, 6.07) is 0.386. The molecule has 0 aliphatic carbocycles. The van der Waals surface area contributed by atoms with Crippen LogP contribution in [0.1, 0.15) is 50.2 Å². The minimum atomic E-state index is -4.37. The van der Waals surface area contributed by atoms with E-state index in [0.29, 0.717) is 24.0 Å². The van der Waals surface area contributed by atoms with Crippen molar-refractivity contribution in [3.05, 3.63) is 16.1 Å². The van der Waals surface area contributed by atoms with Crippen molar-refractivity contribution in [1.29, 1.82) is 0 Å². The third-order valence-corrected chi connectivity index (χ3v) is 5.45. The Kier molecular flexibility index (Phi) is 11.7. The second-order valence-electron chi connectivity index (χ2n) is 6.75. The molecule has 1 fully saturated rings. The molecule has 10 heteroatoms. The Bertz CT molecular complexity index is 586. The number of guanidine groups is 1. The molecule has 0 spiro atoms. The molecule has 0 aromatic carbocycles. The van der Waals surface area contributed by atoms with E-state index in [9.17, 15) is 13.2 Å². The van der Waals surface area contributed by atoms with Crippen LogP contribution < -0.4 is 10.6 Å². The summed E-state index contributed by atoms with van der Waals surface area (Å²) in [5.74, 6) is 0.733. The van der Waals surface area contributed by atoms with Crippen LogP contribution in [-0.4, -0.2) is 54.6 Å². The van der Waals surface area contributed by atoms with Crippen molar-refractivity contribution >= 4 is 41.3 Å². The van der Waals surface area contributed by atoms with E-state index in [-0.39, 0.29) is 24.0 Å². The van der Waals surface area contributed by atoms with Gasteiger partial charge in [0, 0.05) is 44.0 Å². The fraction of sp³-hybridized carbons (Fsp3) is 0.778. The van der Waals surface area contributed by atoms with E-state index < -0.39 is 11.9 Å². The van der Waals surface area contributed by atoms with Gasteiger partial charge >= 0.3 is 6.18 Å². The summed E-state index contributed by atoms with van der Waals surface area (Å²) in [6.45, 7) is 8.73. The van der Waals surface area contributed by atoms with Crippen LogP contribution in [-0.2, 0) is 12.6 Å². The standard InChI is InChI=1S/C18H30F3N5S.HI/c1-3-5-10-26-11-7-14(8-12-26)24-17(22-4-2)23-9-6-16-25-15(13-27-16)18(19,20)21;/h13-14H,3-12H2,1-2H3,(H2,22,23,24);1H. The summed E-state index contributed by atoms with van der Waals surface area (Å²) in [4.78, 5) is 10.7. The van der Waals surface area contributed by atoms with Gasteiger partial charge in [0.05, 0.1) is 5.01 Å². The molecule has 0 atom stereocenters. The quantitative estimate of drug-likeness (QED) is 0.300. The monoisotopic (exact) mass is 533 g/mol. The maximum atomic E-state index is 12.6. The highest BCUT2D eigenvalue weighted by Crippen LogP contribution is 2.30. The molecule has 2 heterocycles. The number of likely N-dealkylation sites (tertiary alicyclic amines) is 1. The first-order valence-electron chi connectivity index (χ1n) is 9.71. The minimum absolute atomic E-state index is 0. The topological polar surface area (TPSA) is 52.5 Å². The van der Waals surface area contributed by atoms with Gasteiger partial charge in [0.25, 0.3) is 0 Å². The number of halogens is 4. The van der Waals surface area contributed by atoms with E-state index in [1.54, 1.807) is 0 Å². The molecule has 2 N–H and O–H groups in total. The predicted molar refractivity (Wildman–Crippen MR) is 120 cm³/mol. The van der Waals surface area contributed by atoms with E-state index in [4.69, 9.17) is 0 Å². The van der Waals surface area contributed by atoms with Crippen molar-refractivity contribution in [2.24, 2.45) is 4.99 Å². The SMILES string of the molecule is CCCCN1CCC(NC(=NCCc2nc(C(F)(F)F)cs2)NCC)CC1.I. The molecule has 1 aliphatic rings. The molecule has 0 radical (unpaired) electrons. The molecular formula is C18H31F3IN5S. The Hall–Kier alpha value is -0.620. The highest BCUT2D eigenvalue weighted by Gasteiger charge is 2.33. The number of nitrogens with zero attached hydrogens (tertiary/aromatic N) is 3. The maximum Gasteiger partial charge on any atom is 0.434 e. The molecule has 0 bridgehead atoms. The molecule has 1 aromatic heterocycles. The van der Waals surface area contributed by atoms with E-state index in [0.717, 1.165) is 55.2 Å². The zero-order valence-electron chi connectivity index (χ0n) is 16.5. The highest BCUT2D eigenvalue weighted by atomic mass is 127. The lowest BCUT2D eigenvalue weighted by Crippen LogP contribution is -2.48. The van der Waals surface area contributed by atoms with Crippen molar-refractivity contribution in [1.82, 2.24) is 20.5 Å². The number of piperidine rings is 1. The van der Waals surface area contributed by atoms with Crippen LogP contribution in [0.25, 0.3) is 0 Å². The zero-order valence-corrected chi connectivity index (χ0v) is 19.7. The Morgan fingerprint density at radius 1 is 1.32 bits per heavy atom. The van der Waals surface area contributed by atoms with Crippen molar-refractivity contribution < 1.29 is 13.2 Å². The number of hydrogen-bond donors (Lipinski definition) is 2. The van der Waals surface area contributed by atoms with Crippen LogP contribution in [0, 0.1) is 0 Å². The third kappa shape index (κ3) is 8.81. The van der Waals surface area contributed by atoms with Crippen molar-refractivity contribution in [2.45, 2.75) is 58.2 Å². The summed E-state index contributed by atoms with van der Waals surface area (Å²) in [5, 5.41) is 8.21. The molecule has 28 heavy (non-hydrogen) atoms. The summed E-state index contributed by atoms with van der Waals surface area (Å²) in [6.07, 6.45) is 0.659. The molecule has 1 aromatic rings. The highest BCUT2D eigenvalue weighted by molar-refractivity contribution is 14.0. The first-order chi connectivity index (χ1) is 12.9. The third-order valence-electron chi connectivity index (χ3n) is 4.54. The van der Waals surface area contributed by atoms with Gasteiger partial charge in [-0.2, -0.15) is 13.2 Å². The Morgan fingerprint density at radius 3 is 2.61 bits per heavy atom. The van der Waals surface area contributed by atoms with Gasteiger partial charge in [-0.25, -0.2) is 4.98 Å². The number of thiazole rings is 1. The van der Waals surface area contributed by atoms with Gasteiger partial charge in [-0.15, -0.1) is 35.3 Å². The molecule has 162 valence electrons. The fourth-order valence-corrected chi connectivity index (χ4v) is 3.81. The molecule has 2 rings (SSSR count). The molecule has 1 saturated heterocycles. The van der Waals surface area contributed by atoms with Crippen molar-refractivity contribution in [2.75, 3.05) is 32.7 Å². The number of nitrogens with one attached hydrogen (secondary N) is 2. The first-order valence-corrected chi connectivity index (χ1v) is 10.6. The molecule has 0 saturated carbocycles. The average molecular weight is 533 g/mol. The van der Waals surface area contributed by atoms with Gasteiger partial charge in [0.2, 0.25) is 0 Å². The number of alkyl halides is 3. The summed E-state index contributed by atoms with van der Waals surface area (Å²) < 4.78 is 37.8. The van der Waals surface area contributed by atoms with Crippen LogP contribution >= 0.6 is 35.3 Å². The van der Waals surface area contributed by atoms with Gasteiger partial charge in [0.15, 0.2) is 11.7 Å².